The lowest BCUT2D eigenvalue weighted by Gasteiger charge is -2.34. The molecular formula is C44H80N2O2. The molecule has 0 bridgehead atoms. The number of piperazine rings is 1. The van der Waals surface area contributed by atoms with E-state index in [0.717, 1.165) is 65.0 Å². The van der Waals surface area contributed by atoms with E-state index in [-0.39, 0.29) is 11.9 Å². The van der Waals surface area contributed by atoms with E-state index in [9.17, 15) is 0 Å². The van der Waals surface area contributed by atoms with Gasteiger partial charge in [0.2, 0.25) is 0 Å². The minimum Gasteiger partial charge on any atom is -0.347 e. The van der Waals surface area contributed by atoms with Gasteiger partial charge < -0.3 is 14.4 Å². The first-order chi connectivity index (χ1) is 23.7. The van der Waals surface area contributed by atoms with Crippen molar-refractivity contribution in [2.75, 3.05) is 46.4 Å². The van der Waals surface area contributed by atoms with Gasteiger partial charge in [-0.1, -0.05) is 133 Å². The van der Waals surface area contributed by atoms with Crippen LogP contribution in [0.2, 0.25) is 0 Å². The lowest BCUT2D eigenvalue weighted by molar-refractivity contribution is -0.181. The van der Waals surface area contributed by atoms with E-state index in [1.165, 1.54) is 135 Å². The van der Waals surface area contributed by atoms with Crippen LogP contribution in [0.5, 0.6) is 0 Å². The van der Waals surface area contributed by atoms with Gasteiger partial charge in [0.05, 0.1) is 12.7 Å². The van der Waals surface area contributed by atoms with Crippen molar-refractivity contribution in [1.82, 2.24) is 9.80 Å². The van der Waals surface area contributed by atoms with E-state index >= 15 is 0 Å². The Balaban J connectivity index is 1.59. The summed E-state index contributed by atoms with van der Waals surface area (Å²) in [5, 5.41) is 0. The summed E-state index contributed by atoms with van der Waals surface area (Å²) in [5.41, 5.74) is 0. The molecule has 4 nitrogen and oxygen atoms in total. The van der Waals surface area contributed by atoms with Crippen molar-refractivity contribution in [3.8, 4) is 0 Å². The number of rotatable bonds is 31. The maximum absolute atomic E-state index is 6.82. The van der Waals surface area contributed by atoms with Gasteiger partial charge in [-0.05, 0) is 84.1 Å². The highest BCUT2D eigenvalue weighted by Crippen LogP contribution is 2.35. The molecule has 0 saturated carbocycles. The van der Waals surface area contributed by atoms with E-state index in [4.69, 9.17) is 9.47 Å². The normalized spacial score (nSPS) is 21.4. The second-order valence-corrected chi connectivity index (χ2v) is 14.9. The molecule has 0 N–H and O–H groups in total. The molecule has 2 saturated heterocycles. The maximum atomic E-state index is 6.82. The van der Waals surface area contributed by atoms with Crippen molar-refractivity contribution in [3.63, 3.8) is 0 Å². The Morgan fingerprint density at radius 2 is 0.938 bits per heavy atom. The molecule has 0 spiro atoms. The number of nitrogens with zero attached hydrogens (tertiary/aromatic N) is 2. The second-order valence-electron chi connectivity index (χ2n) is 14.9. The highest BCUT2D eigenvalue weighted by molar-refractivity contribution is 4.93. The number of ether oxygens (including phenoxy) is 2. The molecule has 2 aliphatic rings. The van der Waals surface area contributed by atoms with E-state index in [1.807, 2.05) is 0 Å². The van der Waals surface area contributed by atoms with Crippen molar-refractivity contribution in [1.29, 1.82) is 0 Å². The third-order valence-corrected chi connectivity index (χ3v) is 10.2. The van der Waals surface area contributed by atoms with E-state index < -0.39 is 0 Å². The van der Waals surface area contributed by atoms with E-state index in [0.29, 0.717) is 0 Å². The fourth-order valence-corrected chi connectivity index (χ4v) is 7.00. The Bertz CT molecular complexity index is 828. The predicted molar refractivity (Wildman–Crippen MR) is 211 cm³/mol. The molecule has 2 atom stereocenters. The van der Waals surface area contributed by atoms with Crippen LogP contribution in [-0.4, -0.2) is 68.1 Å². The molecule has 0 amide bonds. The minimum atomic E-state index is -0.334. The van der Waals surface area contributed by atoms with Crippen molar-refractivity contribution in [3.05, 3.63) is 48.6 Å². The van der Waals surface area contributed by atoms with E-state index in [1.54, 1.807) is 0 Å². The van der Waals surface area contributed by atoms with Crippen molar-refractivity contribution >= 4 is 0 Å². The molecule has 2 aliphatic heterocycles. The van der Waals surface area contributed by atoms with Gasteiger partial charge >= 0.3 is 0 Å². The van der Waals surface area contributed by atoms with Gasteiger partial charge in [-0.15, -0.1) is 0 Å². The average molecular weight is 669 g/mol. The van der Waals surface area contributed by atoms with Crippen LogP contribution in [0.1, 0.15) is 174 Å². The largest absolute Gasteiger partial charge is 0.347 e. The Morgan fingerprint density at radius 1 is 0.521 bits per heavy atom. The molecule has 0 aromatic carbocycles. The third-order valence-electron chi connectivity index (χ3n) is 10.2. The molecule has 4 heteroatoms. The summed E-state index contributed by atoms with van der Waals surface area (Å²) < 4.78 is 13.4. The molecule has 2 unspecified atom stereocenters. The predicted octanol–water partition coefficient (Wildman–Crippen LogP) is 12.4. The summed E-state index contributed by atoms with van der Waals surface area (Å²) in [5.74, 6) is -0.334. The number of unbranched alkanes of at least 4 members (excludes halogenated alkanes) is 17. The lowest BCUT2D eigenvalue weighted by Crippen LogP contribution is -2.47. The summed E-state index contributed by atoms with van der Waals surface area (Å²) in [6.45, 7) is 11.0. The van der Waals surface area contributed by atoms with Crippen molar-refractivity contribution in [2.45, 2.75) is 186 Å². The lowest BCUT2D eigenvalue weighted by atomic mass is 9.98. The van der Waals surface area contributed by atoms with Crippen molar-refractivity contribution < 1.29 is 9.47 Å². The molecule has 0 aromatic heterocycles. The smallest absolute Gasteiger partial charge is 0.168 e. The van der Waals surface area contributed by atoms with Crippen LogP contribution in [0.25, 0.3) is 0 Å². The number of hydrogen-bond acceptors (Lipinski definition) is 4. The first-order valence-corrected chi connectivity index (χ1v) is 21.0. The molecule has 278 valence electrons. The van der Waals surface area contributed by atoms with Crippen molar-refractivity contribution in [2.24, 2.45) is 0 Å². The second kappa shape index (κ2) is 30.6. The Morgan fingerprint density at radius 3 is 1.40 bits per heavy atom. The fraction of sp³-hybridized carbons (Fsp3) is 0.818. The van der Waals surface area contributed by atoms with Crippen LogP contribution in [0.4, 0.5) is 0 Å². The zero-order chi connectivity index (χ0) is 34.2. The Hall–Kier alpha value is -1.20. The zero-order valence-electron chi connectivity index (χ0n) is 32.3. The highest BCUT2D eigenvalue weighted by Gasteiger charge is 2.41. The fourth-order valence-electron chi connectivity index (χ4n) is 7.00. The van der Waals surface area contributed by atoms with Gasteiger partial charge in [-0.25, -0.2) is 0 Å². The number of allylic oxidation sites excluding steroid dienone is 8. The molecule has 2 heterocycles. The average Bonchev–Trinajstić information content (AvgIpc) is 3.49. The SMILES string of the molecule is CCCCCC=CCC=CCCCCCCCCC1(CCCCCCCC=CCC=CCCCCC)OCC(CN2CCN(C)CC2)O1. The highest BCUT2D eigenvalue weighted by atomic mass is 16.7. The van der Waals surface area contributed by atoms with Gasteiger partial charge in [-0.2, -0.15) is 0 Å². The monoisotopic (exact) mass is 669 g/mol. The molecule has 0 radical (unpaired) electrons. The molecule has 2 rings (SSSR count). The van der Waals surface area contributed by atoms with Gasteiger partial charge in [0, 0.05) is 45.6 Å². The molecule has 48 heavy (non-hydrogen) atoms. The van der Waals surface area contributed by atoms with Crippen LogP contribution < -0.4 is 0 Å². The summed E-state index contributed by atoms with van der Waals surface area (Å²) in [7, 11) is 2.23. The summed E-state index contributed by atoms with van der Waals surface area (Å²) in [6, 6.07) is 0. The molecule has 0 aliphatic carbocycles. The van der Waals surface area contributed by atoms with Gasteiger partial charge in [-0.3, -0.25) is 4.90 Å². The van der Waals surface area contributed by atoms with Gasteiger partial charge in [0.1, 0.15) is 0 Å². The standard InChI is InChI=1S/C44H80N2O2/c1-4-6-8-10-12-14-16-18-20-22-24-26-28-30-32-34-36-44(47-42-43(48-44)41-46-39-37-45(3)38-40-46)35-33-31-29-27-25-23-21-19-17-15-13-11-9-7-5-2/h12-15,18-21,43H,4-11,16-17,22-42H2,1-3H3. The first kappa shape index (κ1) is 43.0. The molecule has 2 fully saturated rings. The quantitative estimate of drug-likeness (QED) is 0.0542. The van der Waals surface area contributed by atoms with Crippen LogP contribution in [0.3, 0.4) is 0 Å². The minimum absolute atomic E-state index is 0.232. The number of likely N-dealkylation sites (N-methyl/N-ethyl adjacent to an activating group) is 1. The maximum Gasteiger partial charge on any atom is 0.168 e. The van der Waals surface area contributed by atoms with Crippen LogP contribution >= 0.6 is 0 Å². The van der Waals surface area contributed by atoms with Gasteiger partial charge in [0.15, 0.2) is 5.79 Å². The van der Waals surface area contributed by atoms with Crippen LogP contribution in [0, 0.1) is 0 Å². The topological polar surface area (TPSA) is 24.9 Å². The molecular weight excluding hydrogens is 588 g/mol. The third kappa shape index (κ3) is 23.2. The van der Waals surface area contributed by atoms with Crippen LogP contribution in [-0.2, 0) is 9.47 Å². The zero-order valence-corrected chi connectivity index (χ0v) is 32.3. The first-order valence-electron chi connectivity index (χ1n) is 21.0. The molecule has 0 aromatic rings. The summed E-state index contributed by atoms with van der Waals surface area (Å²) >= 11 is 0. The Kier molecular flexibility index (Phi) is 27.4. The number of hydrogen-bond donors (Lipinski definition) is 0. The Labute approximate surface area is 299 Å². The van der Waals surface area contributed by atoms with Crippen LogP contribution in [0.15, 0.2) is 48.6 Å². The van der Waals surface area contributed by atoms with E-state index in [2.05, 4.69) is 79.3 Å². The van der Waals surface area contributed by atoms with Gasteiger partial charge in [0.25, 0.3) is 0 Å². The summed E-state index contributed by atoms with van der Waals surface area (Å²) in [4.78, 5) is 5.02. The summed E-state index contributed by atoms with van der Waals surface area (Å²) in [6.07, 6.45) is 50.8.